The molecule has 2 rings (SSSR count). The summed E-state index contributed by atoms with van der Waals surface area (Å²) >= 11 is 5.91. The molecule has 7 nitrogen and oxygen atoms in total. The van der Waals surface area contributed by atoms with E-state index in [2.05, 4.69) is 0 Å². The second-order valence-corrected chi connectivity index (χ2v) is 5.92. The van der Waals surface area contributed by atoms with Gasteiger partial charge in [-0.15, -0.1) is 0 Å². The summed E-state index contributed by atoms with van der Waals surface area (Å²) in [4.78, 5) is 22.0. The number of nitrogens with zero attached hydrogens (tertiary/aromatic N) is 1. The number of nitro groups is 1. The van der Waals surface area contributed by atoms with Crippen molar-refractivity contribution in [3.63, 3.8) is 0 Å². The van der Waals surface area contributed by atoms with E-state index < -0.39 is 34.8 Å². The zero-order chi connectivity index (χ0) is 21.6. The van der Waals surface area contributed by atoms with Crippen LogP contribution >= 0.6 is 11.6 Å². The molecule has 0 aromatic heterocycles. The largest absolute Gasteiger partial charge is 0.496 e. The van der Waals surface area contributed by atoms with E-state index >= 15 is 0 Å². The second-order valence-electron chi connectivity index (χ2n) is 5.51. The first-order valence-electron chi connectivity index (χ1n) is 8.24. The number of carbonyl (C=O) groups is 1. The van der Waals surface area contributed by atoms with E-state index in [4.69, 9.17) is 25.8 Å². The Hall–Kier alpha value is -3.20. The molecule has 0 N–H and O–H groups in total. The van der Waals surface area contributed by atoms with Crippen molar-refractivity contribution in [1.29, 1.82) is 0 Å². The topological polar surface area (TPSA) is 87.9 Å². The first kappa shape index (κ1) is 22.1. The van der Waals surface area contributed by atoms with Crippen LogP contribution in [0, 0.1) is 21.7 Å². The van der Waals surface area contributed by atoms with Crippen LogP contribution in [0.25, 0.3) is 6.08 Å². The molecular formula is C19H16ClF2NO6. The minimum atomic E-state index is -1.17. The van der Waals surface area contributed by atoms with Gasteiger partial charge in [-0.25, -0.2) is 13.6 Å². The van der Waals surface area contributed by atoms with Gasteiger partial charge in [0, 0.05) is 11.6 Å². The molecule has 29 heavy (non-hydrogen) atoms. The predicted molar refractivity (Wildman–Crippen MR) is 101 cm³/mol. The smallest absolute Gasteiger partial charge is 0.330 e. The highest BCUT2D eigenvalue weighted by Gasteiger charge is 2.19. The molecule has 0 aliphatic rings. The molecular weight excluding hydrogens is 412 g/mol. The Bertz CT molecular complexity index is 964. The van der Waals surface area contributed by atoms with Crippen LogP contribution in [-0.4, -0.2) is 24.6 Å². The number of nitro benzene ring substituents is 1. The average Bonchev–Trinajstić information content (AvgIpc) is 2.68. The van der Waals surface area contributed by atoms with Gasteiger partial charge in [0.15, 0.2) is 11.6 Å². The van der Waals surface area contributed by atoms with Crippen molar-refractivity contribution < 1.29 is 32.7 Å². The highest BCUT2D eigenvalue weighted by molar-refractivity contribution is 6.32. The Morgan fingerprint density at radius 2 is 2.00 bits per heavy atom. The van der Waals surface area contributed by atoms with E-state index in [1.807, 2.05) is 0 Å². The number of ether oxygens (including phenoxy) is 3. The number of hydrogen-bond acceptors (Lipinski definition) is 6. The fourth-order valence-corrected chi connectivity index (χ4v) is 2.59. The molecule has 0 fully saturated rings. The van der Waals surface area contributed by atoms with Crippen LogP contribution in [0.4, 0.5) is 14.5 Å². The minimum absolute atomic E-state index is 0.0379. The Balaban J connectivity index is 2.42. The predicted octanol–water partition coefficient (Wildman–Crippen LogP) is 4.69. The number of methoxy groups -OCH3 is 1. The third-order valence-corrected chi connectivity index (χ3v) is 4.01. The molecule has 0 bridgehead atoms. The number of benzene rings is 2. The molecule has 0 saturated heterocycles. The van der Waals surface area contributed by atoms with Crippen LogP contribution in [0.2, 0.25) is 5.02 Å². The van der Waals surface area contributed by atoms with Crippen LogP contribution in [-0.2, 0) is 16.1 Å². The summed E-state index contributed by atoms with van der Waals surface area (Å²) in [7, 11) is 1.27. The fraction of sp³-hybridized carbons (Fsp3) is 0.211. The molecule has 0 unspecified atom stereocenters. The Labute approximate surface area is 169 Å². The maximum absolute atomic E-state index is 14.1. The zero-order valence-corrected chi connectivity index (χ0v) is 16.2. The molecule has 2 aromatic carbocycles. The van der Waals surface area contributed by atoms with Gasteiger partial charge in [0.2, 0.25) is 0 Å². The fourth-order valence-electron chi connectivity index (χ4n) is 2.35. The first-order valence-corrected chi connectivity index (χ1v) is 8.62. The summed E-state index contributed by atoms with van der Waals surface area (Å²) in [5.74, 6) is -2.96. The van der Waals surface area contributed by atoms with Crippen molar-refractivity contribution in [1.82, 2.24) is 0 Å². The quantitative estimate of drug-likeness (QED) is 0.263. The van der Waals surface area contributed by atoms with Crippen molar-refractivity contribution in [3.05, 3.63) is 68.2 Å². The number of carbonyl (C=O) groups excluding carboxylic acids is 1. The molecule has 0 aliphatic heterocycles. The zero-order valence-electron chi connectivity index (χ0n) is 15.4. The lowest BCUT2D eigenvalue weighted by atomic mass is 10.1. The highest BCUT2D eigenvalue weighted by Crippen LogP contribution is 2.34. The molecule has 0 atom stereocenters. The molecule has 154 valence electrons. The van der Waals surface area contributed by atoms with Gasteiger partial charge in [0.25, 0.3) is 5.69 Å². The van der Waals surface area contributed by atoms with Crippen LogP contribution in [0.5, 0.6) is 11.5 Å². The van der Waals surface area contributed by atoms with Gasteiger partial charge in [-0.3, -0.25) is 10.1 Å². The first-order chi connectivity index (χ1) is 13.8. The van der Waals surface area contributed by atoms with Crippen molar-refractivity contribution in [2.75, 3.05) is 13.7 Å². The SMILES string of the molecule is CCOC(=O)/C=C/c1cc(Cl)c([N+](=O)[O-])cc1OCc1c(OC)ccc(F)c1F. The summed E-state index contributed by atoms with van der Waals surface area (Å²) in [6.07, 6.45) is 2.36. The lowest BCUT2D eigenvalue weighted by Gasteiger charge is -2.13. The van der Waals surface area contributed by atoms with E-state index in [0.717, 1.165) is 18.2 Å². The highest BCUT2D eigenvalue weighted by atomic mass is 35.5. The monoisotopic (exact) mass is 427 g/mol. The van der Waals surface area contributed by atoms with Gasteiger partial charge in [0.1, 0.15) is 23.1 Å². The number of hydrogen-bond donors (Lipinski definition) is 0. The van der Waals surface area contributed by atoms with Crippen LogP contribution < -0.4 is 9.47 Å². The third kappa shape index (κ3) is 5.41. The van der Waals surface area contributed by atoms with Crippen molar-refractivity contribution in [3.8, 4) is 11.5 Å². The molecule has 0 amide bonds. The van der Waals surface area contributed by atoms with E-state index in [-0.39, 0.29) is 34.3 Å². The van der Waals surface area contributed by atoms with E-state index in [9.17, 15) is 23.7 Å². The summed E-state index contributed by atoms with van der Waals surface area (Å²) in [6.45, 7) is 1.29. The molecule has 0 spiro atoms. The number of rotatable bonds is 8. The van der Waals surface area contributed by atoms with Crippen molar-refractivity contribution >= 4 is 29.3 Å². The van der Waals surface area contributed by atoms with E-state index in [1.165, 1.54) is 25.3 Å². The van der Waals surface area contributed by atoms with Gasteiger partial charge >= 0.3 is 5.97 Å². The Kier molecular flexibility index (Phi) is 7.49. The number of esters is 1. The van der Waals surface area contributed by atoms with Crippen LogP contribution in [0.15, 0.2) is 30.3 Å². The minimum Gasteiger partial charge on any atom is -0.496 e. The third-order valence-electron chi connectivity index (χ3n) is 3.71. The van der Waals surface area contributed by atoms with Crippen molar-refractivity contribution in [2.45, 2.75) is 13.5 Å². The normalized spacial score (nSPS) is 10.8. The summed E-state index contributed by atoms with van der Waals surface area (Å²) < 4.78 is 42.9. The average molecular weight is 428 g/mol. The maximum Gasteiger partial charge on any atom is 0.330 e. The molecule has 0 radical (unpaired) electrons. The summed E-state index contributed by atoms with van der Waals surface area (Å²) in [6, 6.07) is 4.36. The van der Waals surface area contributed by atoms with E-state index in [1.54, 1.807) is 6.92 Å². The Morgan fingerprint density at radius 3 is 2.62 bits per heavy atom. The van der Waals surface area contributed by atoms with E-state index in [0.29, 0.717) is 0 Å². The maximum atomic E-state index is 14.1. The van der Waals surface area contributed by atoms with Gasteiger partial charge in [0.05, 0.1) is 30.3 Å². The van der Waals surface area contributed by atoms with Crippen LogP contribution in [0.1, 0.15) is 18.1 Å². The standard InChI is InChI=1S/C19H16ClF2NO6/c1-3-28-18(24)7-4-11-8-13(20)15(23(25)26)9-17(11)29-10-12-16(27-2)6-5-14(21)19(12)22/h4-9H,3,10H2,1-2H3/b7-4+. The van der Waals surface area contributed by atoms with Gasteiger partial charge in [-0.1, -0.05) is 11.6 Å². The van der Waals surface area contributed by atoms with Crippen LogP contribution in [0.3, 0.4) is 0 Å². The van der Waals surface area contributed by atoms with Gasteiger partial charge in [-0.2, -0.15) is 0 Å². The summed E-state index contributed by atoms with van der Waals surface area (Å²) in [5.41, 5.74) is -0.475. The second kappa shape index (κ2) is 9.83. The Morgan fingerprint density at radius 1 is 1.28 bits per heavy atom. The lowest BCUT2D eigenvalue weighted by Crippen LogP contribution is -2.05. The summed E-state index contributed by atoms with van der Waals surface area (Å²) in [5, 5.41) is 11.0. The molecule has 0 saturated carbocycles. The molecule has 10 heteroatoms. The van der Waals surface area contributed by atoms with Crippen molar-refractivity contribution in [2.24, 2.45) is 0 Å². The van der Waals surface area contributed by atoms with Gasteiger partial charge < -0.3 is 14.2 Å². The lowest BCUT2D eigenvalue weighted by molar-refractivity contribution is -0.384. The number of halogens is 3. The molecule has 0 heterocycles. The molecule has 0 aliphatic carbocycles. The molecule has 2 aromatic rings. The van der Waals surface area contributed by atoms with Gasteiger partial charge in [-0.05, 0) is 31.2 Å².